The number of piperidine rings is 1. The average Bonchev–Trinajstić information content (AvgIpc) is 2.05. The van der Waals surface area contributed by atoms with E-state index in [1.165, 1.54) is 38.4 Å². The minimum atomic E-state index is 1.11. The van der Waals surface area contributed by atoms with Crippen LogP contribution < -0.4 is 0 Å². The summed E-state index contributed by atoms with van der Waals surface area (Å²) >= 11 is 0. The Morgan fingerprint density at radius 1 is 1.17 bits per heavy atom. The third-order valence-corrected chi connectivity index (χ3v) is 2.44. The van der Waals surface area contributed by atoms with Crippen molar-refractivity contribution in [2.75, 3.05) is 33.7 Å². The maximum absolute atomic E-state index is 2.53. The summed E-state index contributed by atoms with van der Waals surface area (Å²) in [7, 11) is 4.26. The second-order valence-electron chi connectivity index (χ2n) is 4.02. The minimum absolute atomic E-state index is 1.11. The summed E-state index contributed by atoms with van der Waals surface area (Å²) in [5, 5.41) is 0. The van der Waals surface area contributed by atoms with Gasteiger partial charge in [-0.3, -0.25) is 4.90 Å². The molecule has 1 fully saturated rings. The van der Waals surface area contributed by atoms with Gasteiger partial charge in [0.2, 0.25) is 0 Å². The van der Waals surface area contributed by atoms with E-state index in [-0.39, 0.29) is 0 Å². The third kappa shape index (κ3) is 3.11. The van der Waals surface area contributed by atoms with Gasteiger partial charge in [0.05, 0.1) is 6.04 Å². The van der Waals surface area contributed by atoms with E-state index < -0.39 is 0 Å². The van der Waals surface area contributed by atoms with Gasteiger partial charge in [-0.1, -0.05) is 6.42 Å². The molecule has 0 amide bonds. The molecule has 71 valence electrons. The maximum atomic E-state index is 2.53. The maximum Gasteiger partial charge on any atom is 0.0501 e. The van der Waals surface area contributed by atoms with E-state index in [4.69, 9.17) is 0 Å². The molecule has 0 spiro atoms. The molecule has 0 aromatic heterocycles. The molecule has 2 nitrogen and oxygen atoms in total. The third-order valence-electron chi connectivity index (χ3n) is 2.44. The van der Waals surface area contributed by atoms with Crippen LogP contribution in [0.5, 0.6) is 0 Å². The van der Waals surface area contributed by atoms with Crippen LogP contribution in [0.2, 0.25) is 0 Å². The first kappa shape index (κ1) is 10.0. The average molecular weight is 169 g/mol. The fraction of sp³-hybridized carbons (Fsp3) is 0.900. The van der Waals surface area contributed by atoms with Crippen LogP contribution in [0.4, 0.5) is 0 Å². The molecule has 0 aromatic carbocycles. The molecule has 12 heavy (non-hydrogen) atoms. The van der Waals surface area contributed by atoms with Crippen LogP contribution in [0, 0.1) is 6.04 Å². The highest BCUT2D eigenvalue weighted by Crippen LogP contribution is 2.16. The summed E-state index contributed by atoms with van der Waals surface area (Å²) in [6.45, 7) is 5.92. The van der Waals surface area contributed by atoms with Gasteiger partial charge in [-0.05, 0) is 47.0 Å². The fourth-order valence-electron chi connectivity index (χ4n) is 1.83. The quantitative estimate of drug-likeness (QED) is 0.633. The van der Waals surface area contributed by atoms with Gasteiger partial charge >= 0.3 is 0 Å². The van der Waals surface area contributed by atoms with E-state index in [9.17, 15) is 0 Å². The lowest BCUT2D eigenvalue weighted by Gasteiger charge is -2.33. The van der Waals surface area contributed by atoms with Crippen LogP contribution in [0.3, 0.4) is 0 Å². The predicted molar refractivity (Wildman–Crippen MR) is 52.9 cm³/mol. The van der Waals surface area contributed by atoms with Crippen LogP contribution in [0.25, 0.3) is 0 Å². The van der Waals surface area contributed by atoms with Crippen molar-refractivity contribution >= 4 is 0 Å². The molecule has 1 rings (SSSR count). The summed E-state index contributed by atoms with van der Waals surface area (Å²) in [6.07, 6.45) is 4.18. The molecule has 0 atom stereocenters. The Hall–Kier alpha value is -0.0800. The van der Waals surface area contributed by atoms with E-state index in [0.29, 0.717) is 0 Å². The summed E-state index contributed by atoms with van der Waals surface area (Å²) in [6, 6.07) is 1.53. The zero-order chi connectivity index (χ0) is 8.97. The highest BCUT2D eigenvalue weighted by molar-refractivity contribution is 4.88. The number of rotatable bonds is 3. The summed E-state index contributed by atoms with van der Waals surface area (Å²) in [5.41, 5.74) is 0. The molecule has 0 saturated carbocycles. The molecule has 0 bridgehead atoms. The fourth-order valence-corrected chi connectivity index (χ4v) is 1.83. The van der Waals surface area contributed by atoms with Crippen LogP contribution in [-0.4, -0.2) is 43.5 Å². The van der Waals surface area contributed by atoms with Crippen molar-refractivity contribution in [3.63, 3.8) is 0 Å². The van der Waals surface area contributed by atoms with Gasteiger partial charge in [0.15, 0.2) is 0 Å². The van der Waals surface area contributed by atoms with E-state index in [1.54, 1.807) is 0 Å². The smallest absolute Gasteiger partial charge is 0.0501 e. The number of hydrogen-bond acceptors (Lipinski definition) is 2. The largest absolute Gasteiger partial charge is 0.307 e. The standard InChI is InChI=1S/C10H21N2/c1-10(9-11(2)3)12-7-5-4-6-8-12/h4-9H2,1-3H3. The Morgan fingerprint density at radius 3 is 2.25 bits per heavy atom. The molecular formula is C10H21N2. The molecule has 0 aromatic rings. The van der Waals surface area contributed by atoms with Crippen molar-refractivity contribution in [2.24, 2.45) is 0 Å². The first-order valence-corrected chi connectivity index (χ1v) is 4.92. The van der Waals surface area contributed by atoms with E-state index >= 15 is 0 Å². The van der Waals surface area contributed by atoms with Crippen molar-refractivity contribution in [3.05, 3.63) is 6.04 Å². The Labute approximate surface area is 76.5 Å². The molecule has 1 heterocycles. The second-order valence-corrected chi connectivity index (χ2v) is 4.02. The molecular weight excluding hydrogens is 148 g/mol. The molecule has 1 radical (unpaired) electrons. The Bertz CT molecular complexity index is 117. The number of likely N-dealkylation sites (N-methyl/N-ethyl adjacent to an activating group) is 1. The zero-order valence-corrected chi connectivity index (χ0v) is 8.64. The van der Waals surface area contributed by atoms with Gasteiger partial charge in [0, 0.05) is 6.54 Å². The molecule has 0 N–H and O–H groups in total. The van der Waals surface area contributed by atoms with Gasteiger partial charge in [0.25, 0.3) is 0 Å². The first-order valence-electron chi connectivity index (χ1n) is 4.92. The molecule has 0 aliphatic carbocycles. The first-order chi connectivity index (χ1) is 5.70. The van der Waals surface area contributed by atoms with Crippen molar-refractivity contribution in [3.8, 4) is 0 Å². The number of likely N-dealkylation sites (tertiary alicyclic amines) is 1. The number of nitrogens with zero attached hydrogens (tertiary/aromatic N) is 2. The normalized spacial score (nSPS) is 20.8. The van der Waals surface area contributed by atoms with Crippen LogP contribution >= 0.6 is 0 Å². The summed E-state index contributed by atoms with van der Waals surface area (Å²) < 4.78 is 0. The van der Waals surface area contributed by atoms with Crippen LogP contribution in [-0.2, 0) is 0 Å². The highest BCUT2D eigenvalue weighted by Gasteiger charge is 2.17. The lowest BCUT2D eigenvalue weighted by atomic mass is 10.1. The lowest BCUT2D eigenvalue weighted by Crippen LogP contribution is -2.37. The SMILES string of the molecule is C[C](CN(C)C)N1CCCCC1. The monoisotopic (exact) mass is 169 g/mol. The van der Waals surface area contributed by atoms with Crippen LogP contribution in [0.1, 0.15) is 26.2 Å². The Morgan fingerprint density at radius 2 is 1.75 bits per heavy atom. The Kier molecular flexibility index (Phi) is 4.02. The lowest BCUT2D eigenvalue weighted by molar-refractivity contribution is 0.213. The van der Waals surface area contributed by atoms with Gasteiger partial charge in [-0.25, -0.2) is 0 Å². The second kappa shape index (κ2) is 4.83. The van der Waals surface area contributed by atoms with E-state index in [2.05, 4.69) is 30.8 Å². The van der Waals surface area contributed by atoms with Gasteiger partial charge in [0.1, 0.15) is 0 Å². The van der Waals surface area contributed by atoms with E-state index in [0.717, 1.165) is 6.54 Å². The summed E-state index contributed by atoms with van der Waals surface area (Å²) in [5.74, 6) is 0. The topological polar surface area (TPSA) is 6.48 Å². The van der Waals surface area contributed by atoms with Crippen molar-refractivity contribution in [1.29, 1.82) is 0 Å². The van der Waals surface area contributed by atoms with E-state index in [1.807, 2.05) is 0 Å². The minimum Gasteiger partial charge on any atom is -0.307 e. The van der Waals surface area contributed by atoms with Gasteiger partial charge in [-0.2, -0.15) is 0 Å². The number of hydrogen-bond donors (Lipinski definition) is 0. The summed E-state index contributed by atoms with van der Waals surface area (Å²) in [4.78, 5) is 4.77. The van der Waals surface area contributed by atoms with Crippen molar-refractivity contribution < 1.29 is 0 Å². The molecule has 1 aliphatic heterocycles. The predicted octanol–water partition coefficient (Wildman–Crippen LogP) is 1.59. The highest BCUT2D eigenvalue weighted by atomic mass is 15.2. The molecule has 2 heteroatoms. The molecule has 1 saturated heterocycles. The molecule has 0 unspecified atom stereocenters. The van der Waals surface area contributed by atoms with Crippen LogP contribution in [0.15, 0.2) is 0 Å². The van der Waals surface area contributed by atoms with Crippen molar-refractivity contribution in [1.82, 2.24) is 9.80 Å². The Balaban J connectivity index is 2.24. The van der Waals surface area contributed by atoms with Crippen molar-refractivity contribution in [2.45, 2.75) is 26.2 Å². The zero-order valence-electron chi connectivity index (χ0n) is 8.64. The van der Waals surface area contributed by atoms with Gasteiger partial charge in [-0.15, -0.1) is 0 Å². The molecule has 1 aliphatic rings. The van der Waals surface area contributed by atoms with Gasteiger partial charge < -0.3 is 4.90 Å².